The Balaban J connectivity index is 1.82. The van der Waals surface area contributed by atoms with E-state index in [1.807, 2.05) is 0 Å². The number of hydrogen-bond donors (Lipinski definition) is 1. The summed E-state index contributed by atoms with van der Waals surface area (Å²) in [6.07, 6.45) is 0. The van der Waals surface area contributed by atoms with Crippen molar-refractivity contribution in [3.8, 4) is 5.75 Å². The van der Waals surface area contributed by atoms with E-state index >= 15 is 0 Å². The van der Waals surface area contributed by atoms with Crippen LogP contribution in [0.3, 0.4) is 0 Å². The van der Waals surface area contributed by atoms with Gasteiger partial charge < -0.3 is 19.5 Å². The Hall–Kier alpha value is -2.45. The van der Waals surface area contributed by atoms with Crippen molar-refractivity contribution in [1.29, 1.82) is 0 Å². The Kier molecular flexibility index (Phi) is 5.76. The summed E-state index contributed by atoms with van der Waals surface area (Å²) in [6.45, 7) is 2.15. The Morgan fingerprint density at radius 1 is 1.19 bits per heavy atom. The van der Waals surface area contributed by atoms with Crippen LogP contribution in [0.15, 0.2) is 50.1 Å². The molecule has 0 atom stereocenters. The molecule has 0 bridgehead atoms. The van der Waals surface area contributed by atoms with Gasteiger partial charge in [-0.2, -0.15) is 0 Å². The summed E-state index contributed by atoms with van der Waals surface area (Å²) in [5, 5.41) is 0. The minimum Gasteiger partial charge on any atom is -0.487 e. The molecule has 0 amide bonds. The minimum atomic E-state index is -0.704. The lowest BCUT2D eigenvalue weighted by Gasteiger charge is -2.14. The van der Waals surface area contributed by atoms with E-state index in [0.717, 1.165) is 12.1 Å². The summed E-state index contributed by atoms with van der Waals surface area (Å²) in [5.41, 5.74) is 6.05. The van der Waals surface area contributed by atoms with Gasteiger partial charge in [-0.15, -0.1) is 0 Å². The SMILES string of the molecule is Cc1cc(OCc2ccc(F)cc2F)c(Br)c(=O)n1Cc1ccc(CN)o1. The molecule has 0 aliphatic rings. The van der Waals surface area contributed by atoms with Crippen LogP contribution in [0.25, 0.3) is 0 Å². The lowest BCUT2D eigenvalue weighted by atomic mass is 10.2. The van der Waals surface area contributed by atoms with Crippen molar-refractivity contribution in [3.05, 3.63) is 85.6 Å². The van der Waals surface area contributed by atoms with E-state index in [1.54, 1.807) is 25.1 Å². The molecule has 3 aromatic rings. The molecular weight excluding hydrogens is 422 g/mol. The molecule has 142 valence electrons. The highest BCUT2D eigenvalue weighted by atomic mass is 79.9. The molecule has 2 N–H and O–H groups in total. The van der Waals surface area contributed by atoms with Crippen LogP contribution < -0.4 is 16.0 Å². The fourth-order valence-corrected chi connectivity index (χ4v) is 3.03. The molecule has 0 saturated carbocycles. The highest BCUT2D eigenvalue weighted by Crippen LogP contribution is 2.24. The van der Waals surface area contributed by atoms with E-state index in [1.165, 1.54) is 10.6 Å². The van der Waals surface area contributed by atoms with Gasteiger partial charge in [0.05, 0.1) is 13.1 Å². The Labute approximate surface area is 162 Å². The van der Waals surface area contributed by atoms with Crippen LogP contribution in [-0.2, 0) is 19.7 Å². The van der Waals surface area contributed by atoms with E-state index in [4.69, 9.17) is 14.9 Å². The van der Waals surface area contributed by atoms with Gasteiger partial charge in [-0.3, -0.25) is 4.79 Å². The molecule has 3 rings (SSSR count). The lowest BCUT2D eigenvalue weighted by molar-refractivity contribution is 0.295. The fraction of sp³-hybridized carbons (Fsp3) is 0.211. The summed E-state index contributed by atoms with van der Waals surface area (Å²) in [6, 6.07) is 8.44. The second-order valence-corrected chi connectivity index (χ2v) is 6.74. The molecule has 2 aromatic heterocycles. The first-order valence-electron chi connectivity index (χ1n) is 8.13. The number of ether oxygens (including phenoxy) is 1. The summed E-state index contributed by atoms with van der Waals surface area (Å²) in [4.78, 5) is 12.7. The first-order chi connectivity index (χ1) is 12.9. The molecule has 0 saturated heterocycles. The van der Waals surface area contributed by atoms with Gasteiger partial charge in [0.25, 0.3) is 5.56 Å². The topological polar surface area (TPSA) is 70.4 Å². The van der Waals surface area contributed by atoms with Crippen molar-refractivity contribution in [2.75, 3.05) is 0 Å². The fourth-order valence-electron chi connectivity index (χ4n) is 2.58. The summed E-state index contributed by atoms with van der Waals surface area (Å²) in [5.74, 6) is 0.154. The standard InChI is InChI=1S/C19H17BrF2N2O3/c1-11-6-17(26-10-12-2-3-13(21)7-16(12)22)18(20)19(25)24(11)9-15-5-4-14(8-23)27-15/h2-7H,8-10,23H2,1H3. The quantitative estimate of drug-likeness (QED) is 0.633. The highest BCUT2D eigenvalue weighted by Gasteiger charge is 2.14. The molecule has 8 heteroatoms. The second-order valence-electron chi connectivity index (χ2n) is 5.95. The van der Waals surface area contributed by atoms with E-state index in [9.17, 15) is 13.6 Å². The van der Waals surface area contributed by atoms with Crippen molar-refractivity contribution in [2.24, 2.45) is 5.73 Å². The van der Waals surface area contributed by atoms with E-state index in [0.29, 0.717) is 17.2 Å². The Bertz CT molecular complexity index is 1030. The molecular formula is C19H17BrF2N2O3. The summed E-state index contributed by atoms with van der Waals surface area (Å²) >= 11 is 3.24. The van der Waals surface area contributed by atoms with Crippen molar-refractivity contribution in [2.45, 2.75) is 26.6 Å². The Morgan fingerprint density at radius 2 is 1.93 bits per heavy atom. The first kappa shape index (κ1) is 19.3. The van der Waals surface area contributed by atoms with Crippen LogP contribution in [0.2, 0.25) is 0 Å². The molecule has 0 fully saturated rings. The molecule has 27 heavy (non-hydrogen) atoms. The highest BCUT2D eigenvalue weighted by molar-refractivity contribution is 9.10. The Morgan fingerprint density at radius 3 is 2.59 bits per heavy atom. The maximum atomic E-state index is 13.7. The van der Waals surface area contributed by atoms with Gasteiger partial charge in [-0.1, -0.05) is 0 Å². The smallest absolute Gasteiger partial charge is 0.269 e. The largest absolute Gasteiger partial charge is 0.487 e. The summed E-state index contributed by atoms with van der Waals surface area (Å²) in [7, 11) is 0. The van der Waals surface area contributed by atoms with Gasteiger partial charge in [-0.05, 0) is 47.1 Å². The van der Waals surface area contributed by atoms with Crippen LogP contribution >= 0.6 is 15.9 Å². The van der Waals surface area contributed by atoms with Gasteiger partial charge in [0, 0.05) is 23.4 Å². The third kappa shape index (κ3) is 4.28. The molecule has 0 aliphatic carbocycles. The minimum absolute atomic E-state index is 0.133. The van der Waals surface area contributed by atoms with E-state index in [2.05, 4.69) is 15.9 Å². The predicted octanol–water partition coefficient (Wildman–Crippen LogP) is 3.88. The number of rotatable bonds is 6. The number of benzene rings is 1. The number of nitrogens with zero attached hydrogens (tertiary/aromatic N) is 1. The van der Waals surface area contributed by atoms with Gasteiger partial charge in [0.15, 0.2) is 0 Å². The molecule has 2 heterocycles. The van der Waals surface area contributed by atoms with Crippen LogP contribution in [-0.4, -0.2) is 4.57 Å². The van der Waals surface area contributed by atoms with Gasteiger partial charge in [-0.25, -0.2) is 8.78 Å². The average molecular weight is 439 g/mol. The van der Waals surface area contributed by atoms with Crippen LogP contribution in [0.5, 0.6) is 5.75 Å². The number of nitrogens with two attached hydrogens (primary N) is 1. The molecule has 1 aromatic carbocycles. The van der Waals surface area contributed by atoms with Crippen molar-refractivity contribution >= 4 is 15.9 Å². The van der Waals surface area contributed by atoms with Crippen molar-refractivity contribution in [3.63, 3.8) is 0 Å². The normalized spacial score (nSPS) is 11.0. The van der Waals surface area contributed by atoms with E-state index < -0.39 is 11.6 Å². The van der Waals surface area contributed by atoms with Crippen LogP contribution in [0.4, 0.5) is 8.78 Å². The zero-order valence-corrected chi connectivity index (χ0v) is 16.1. The van der Waals surface area contributed by atoms with Crippen LogP contribution in [0, 0.1) is 18.6 Å². The number of hydrogen-bond acceptors (Lipinski definition) is 4. The number of aromatic nitrogens is 1. The first-order valence-corrected chi connectivity index (χ1v) is 8.92. The van der Waals surface area contributed by atoms with Crippen molar-refractivity contribution in [1.82, 2.24) is 4.57 Å². The summed E-state index contributed by atoms with van der Waals surface area (Å²) < 4.78 is 39.6. The molecule has 0 spiro atoms. The molecule has 0 unspecified atom stereocenters. The van der Waals surface area contributed by atoms with Gasteiger partial charge >= 0.3 is 0 Å². The van der Waals surface area contributed by atoms with Gasteiger partial charge in [0.2, 0.25) is 0 Å². The number of halogens is 3. The molecule has 5 nitrogen and oxygen atoms in total. The maximum absolute atomic E-state index is 13.7. The number of pyridine rings is 1. The zero-order chi connectivity index (χ0) is 19.6. The second kappa shape index (κ2) is 8.06. The third-order valence-electron chi connectivity index (χ3n) is 4.05. The van der Waals surface area contributed by atoms with Crippen molar-refractivity contribution < 1.29 is 17.9 Å². The predicted molar refractivity (Wildman–Crippen MR) is 99.5 cm³/mol. The van der Waals surface area contributed by atoms with E-state index in [-0.39, 0.29) is 41.0 Å². The molecule has 0 radical (unpaired) electrons. The monoisotopic (exact) mass is 438 g/mol. The lowest BCUT2D eigenvalue weighted by Crippen LogP contribution is -2.24. The van der Waals surface area contributed by atoms with Crippen LogP contribution in [0.1, 0.15) is 22.8 Å². The average Bonchev–Trinajstić information content (AvgIpc) is 3.09. The third-order valence-corrected chi connectivity index (χ3v) is 4.78. The molecule has 0 aliphatic heterocycles. The maximum Gasteiger partial charge on any atom is 0.269 e. The number of aryl methyl sites for hydroxylation is 1. The zero-order valence-electron chi connectivity index (χ0n) is 14.5. The van der Waals surface area contributed by atoms with Gasteiger partial charge in [0.1, 0.15) is 40.0 Å². The number of furan rings is 1.